The number of unbranched alkanes of at least 4 members (excludes halogenated alkanes) is 2. The first-order valence-electron chi connectivity index (χ1n) is 10.6. The lowest BCUT2D eigenvalue weighted by atomic mass is 9.70. The molecule has 0 aromatic heterocycles. The minimum Gasteiger partial charge on any atom is -0.481 e. The maximum Gasteiger partial charge on any atom is 0.310 e. The molecule has 0 aromatic carbocycles. The molecule has 3 aliphatic rings. The second-order valence-corrected chi connectivity index (χ2v) is 8.28. The van der Waals surface area contributed by atoms with Crippen LogP contribution in [-0.4, -0.2) is 81.8 Å². The lowest BCUT2D eigenvalue weighted by Crippen LogP contribution is -2.56. The van der Waals surface area contributed by atoms with E-state index in [2.05, 4.69) is 13.5 Å². The number of aliphatic hydroxyl groups is 1. The molecule has 162 valence electrons. The molecule has 2 bridgehead atoms. The molecule has 3 saturated heterocycles. The number of aliphatic hydroxyl groups excluding tert-OH is 1. The largest absolute Gasteiger partial charge is 0.481 e. The van der Waals surface area contributed by atoms with Gasteiger partial charge in [-0.15, -0.1) is 6.58 Å². The van der Waals surface area contributed by atoms with Gasteiger partial charge in [-0.3, -0.25) is 14.4 Å². The maximum absolute atomic E-state index is 13.6. The van der Waals surface area contributed by atoms with Crippen molar-refractivity contribution in [2.75, 3.05) is 26.2 Å². The summed E-state index contributed by atoms with van der Waals surface area (Å²) in [6.45, 7) is 6.87. The molecule has 3 heterocycles. The number of fused-ring (bicyclic) bond motifs is 1. The predicted octanol–water partition coefficient (Wildman–Crippen LogP) is 1.03. The molecule has 2 unspecified atom stereocenters. The van der Waals surface area contributed by atoms with Crippen LogP contribution >= 0.6 is 0 Å². The third-order valence-corrected chi connectivity index (χ3v) is 6.57. The van der Waals surface area contributed by atoms with Gasteiger partial charge in [0.15, 0.2) is 0 Å². The van der Waals surface area contributed by atoms with Gasteiger partial charge in [0.2, 0.25) is 11.8 Å². The quantitative estimate of drug-likeness (QED) is 0.391. The molecular formula is C21H32N2O6. The Bertz CT molecular complexity index is 668. The number of carboxylic acid groups (broad SMARTS) is 1. The fraction of sp³-hybridized carbons (Fsp3) is 0.762. The van der Waals surface area contributed by atoms with E-state index in [1.54, 1.807) is 11.0 Å². The Morgan fingerprint density at radius 2 is 2.14 bits per heavy atom. The first kappa shape index (κ1) is 21.8. The Labute approximate surface area is 171 Å². The van der Waals surface area contributed by atoms with E-state index >= 15 is 0 Å². The molecule has 3 rings (SSSR count). The summed E-state index contributed by atoms with van der Waals surface area (Å²) in [4.78, 5) is 42.0. The summed E-state index contributed by atoms with van der Waals surface area (Å²) in [7, 11) is 0. The van der Waals surface area contributed by atoms with Crippen molar-refractivity contribution in [2.45, 2.75) is 63.2 Å². The normalized spacial score (nSPS) is 32.5. The summed E-state index contributed by atoms with van der Waals surface area (Å²) < 4.78 is 6.15. The van der Waals surface area contributed by atoms with E-state index in [9.17, 15) is 24.6 Å². The van der Waals surface area contributed by atoms with E-state index in [0.717, 1.165) is 19.3 Å². The molecule has 0 aromatic rings. The van der Waals surface area contributed by atoms with E-state index in [1.165, 1.54) is 4.90 Å². The predicted molar refractivity (Wildman–Crippen MR) is 105 cm³/mol. The van der Waals surface area contributed by atoms with Crippen LogP contribution in [0.15, 0.2) is 12.7 Å². The van der Waals surface area contributed by atoms with Gasteiger partial charge in [0.05, 0.1) is 17.9 Å². The van der Waals surface area contributed by atoms with Gasteiger partial charge >= 0.3 is 5.97 Å². The number of likely N-dealkylation sites (tertiary alicyclic amines) is 1. The van der Waals surface area contributed by atoms with Crippen LogP contribution < -0.4 is 0 Å². The van der Waals surface area contributed by atoms with E-state index in [-0.39, 0.29) is 25.0 Å². The smallest absolute Gasteiger partial charge is 0.310 e. The van der Waals surface area contributed by atoms with Gasteiger partial charge in [-0.05, 0) is 25.7 Å². The van der Waals surface area contributed by atoms with Crippen molar-refractivity contribution in [3.05, 3.63) is 12.7 Å². The van der Waals surface area contributed by atoms with E-state index < -0.39 is 35.6 Å². The van der Waals surface area contributed by atoms with Crippen LogP contribution in [0, 0.1) is 11.8 Å². The van der Waals surface area contributed by atoms with Crippen LogP contribution in [0.1, 0.15) is 45.4 Å². The number of rotatable bonds is 11. The van der Waals surface area contributed by atoms with Gasteiger partial charge in [-0.2, -0.15) is 0 Å². The third-order valence-electron chi connectivity index (χ3n) is 6.57. The average molecular weight is 408 g/mol. The number of hydrogen-bond donors (Lipinski definition) is 2. The number of nitrogens with zero attached hydrogens (tertiary/aromatic N) is 2. The van der Waals surface area contributed by atoms with Crippen molar-refractivity contribution in [3.63, 3.8) is 0 Å². The highest BCUT2D eigenvalue weighted by molar-refractivity contribution is 5.98. The number of ether oxygens (including phenoxy) is 1. The molecule has 2 N–H and O–H groups in total. The van der Waals surface area contributed by atoms with Gasteiger partial charge < -0.3 is 24.7 Å². The number of carbonyl (C=O) groups excluding carboxylic acids is 2. The number of carbonyl (C=O) groups is 3. The topological polar surface area (TPSA) is 107 Å². The van der Waals surface area contributed by atoms with Crippen molar-refractivity contribution in [1.82, 2.24) is 9.80 Å². The zero-order chi connectivity index (χ0) is 21.2. The molecule has 3 fully saturated rings. The lowest BCUT2D eigenvalue weighted by molar-refractivity contribution is -0.151. The van der Waals surface area contributed by atoms with Crippen molar-refractivity contribution >= 4 is 17.8 Å². The fourth-order valence-corrected chi connectivity index (χ4v) is 5.37. The number of hydrogen-bond acceptors (Lipinski definition) is 5. The Morgan fingerprint density at radius 1 is 1.38 bits per heavy atom. The molecule has 8 heteroatoms. The molecule has 2 amide bonds. The number of aliphatic carboxylic acids is 1. The summed E-state index contributed by atoms with van der Waals surface area (Å²) in [6, 6.07) is -0.845. The van der Waals surface area contributed by atoms with Gasteiger partial charge in [-0.1, -0.05) is 25.8 Å². The van der Waals surface area contributed by atoms with E-state index in [4.69, 9.17) is 4.74 Å². The average Bonchev–Trinajstić information content (AvgIpc) is 3.33. The van der Waals surface area contributed by atoms with Crippen LogP contribution in [-0.2, 0) is 19.1 Å². The van der Waals surface area contributed by atoms with E-state index in [1.807, 2.05) is 0 Å². The lowest BCUT2D eigenvalue weighted by Gasteiger charge is -2.36. The summed E-state index contributed by atoms with van der Waals surface area (Å²) >= 11 is 0. The molecule has 0 radical (unpaired) electrons. The highest BCUT2D eigenvalue weighted by atomic mass is 16.5. The second-order valence-electron chi connectivity index (χ2n) is 8.28. The highest BCUT2D eigenvalue weighted by Crippen LogP contribution is 2.58. The van der Waals surface area contributed by atoms with Crippen molar-refractivity contribution in [1.29, 1.82) is 0 Å². The molecule has 1 spiro atoms. The minimum atomic E-state index is -1.08. The molecule has 0 aliphatic carbocycles. The molecule has 3 aliphatic heterocycles. The molecular weight excluding hydrogens is 376 g/mol. The van der Waals surface area contributed by atoms with Crippen LogP contribution in [0.25, 0.3) is 0 Å². The first-order valence-corrected chi connectivity index (χ1v) is 10.6. The summed E-state index contributed by atoms with van der Waals surface area (Å²) in [5.41, 5.74) is -1.08. The Balaban J connectivity index is 1.94. The third kappa shape index (κ3) is 3.57. The van der Waals surface area contributed by atoms with Crippen molar-refractivity contribution < 1.29 is 29.3 Å². The van der Waals surface area contributed by atoms with Gasteiger partial charge in [0, 0.05) is 26.2 Å². The SMILES string of the molecule is C=CCN(CCCCC)C(=O)C1N(CCCO)C(=O)[C@@H]2[C@H](C(=O)O)[C@@H]3CCC12O3. The van der Waals surface area contributed by atoms with Crippen LogP contribution in [0.3, 0.4) is 0 Å². The molecule has 8 nitrogen and oxygen atoms in total. The van der Waals surface area contributed by atoms with E-state index in [0.29, 0.717) is 32.4 Å². The maximum atomic E-state index is 13.6. The molecule has 0 saturated carbocycles. The standard InChI is InChI=1S/C21H32N2O6/c1-3-5-6-11-22(10-4-2)19(26)17-21-9-8-14(29-21)15(20(27)28)16(21)18(25)23(17)12-7-13-24/h4,14-17,24H,2-3,5-13H2,1H3,(H,27,28)/t14-,15+,16-,17?,21?/m0/s1. The molecule has 5 atom stereocenters. The zero-order valence-electron chi connectivity index (χ0n) is 17.1. The van der Waals surface area contributed by atoms with Gasteiger partial charge in [0.1, 0.15) is 11.6 Å². The monoisotopic (exact) mass is 408 g/mol. The van der Waals surface area contributed by atoms with Gasteiger partial charge in [-0.25, -0.2) is 0 Å². The zero-order valence-corrected chi connectivity index (χ0v) is 17.1. The summed E-state index contributed by atoms with van der Waals surface area (Å²) in [6.07, 6.45) is 5.38. The number of carboxylic acids is 1. The first-order chi connectivity index (χ1) is 13.9. The van der Waals surface area contributed by atoms with Crippen molar-refractivity contribution in [3.8, 4) is 0 Å². The van der Waals surface area contributed by atoms with Gasteiger partial charge in [0.25, 0.3) is 0 Å². The molecule has 29 heavy (non-hydrogen) atoms. The summed E-state index contributed by atoms with van der Waals surface area (Å²) in [5.74, 6) is -3.35. The van der Waals surface area contributed by atoms with Crippen LogP contribution in [0.4, 0.5) is 0 Å². The highest BCUT2D eigenvalue weighted by Gasteiger charge is 2.74. The van der Waals surface area contributed by atoms with Crippen LogP contribution in [0.5, 0.6) is 0 Å². The number of amides is 2. The summed E-state index contributed by atoms with van der Waals surface area (Å²) in [5, 5.41) is 19.0. The Hall–Kier alpha value is -1.93. The fourth-order valence-electron chi connectivity index (χ4n) is 5.37. The van der Waals surface area contributed by atoms with Crippen LogP contribution in [0.2, 0.25) is 0 Å². The minimum absolute atomic E-state index is 0.110. The second kappa shape index (κ2) is 8.83. The Morgan fingerprint density at radius 3 is 2.76 bits per heavy atom. The van der Waals surface area contributed by atoms with Crippen molar-refractivity contribution in [2.24, 2.45) is 11.8 Å². The Kier molecular flexibility index (Phi) is 6.63.